The van der Waals surface area contributed by atoms with Crippen LogP contribution >= 0.6 is 0 Å². The molecular weight excluding hydrogens is 274 g/mol. The van der Waals surface area contributed by atoms with Crippen molar-refractivity contribution in [3.05, 3.63) is 60.2 Å². The van der Waals surface area contributed by atoms with Gasteiger partial charge >= 0.3 is 0 Å². The number of rotatable bonds is 4. The Morgan fingerprint density at radius 1 is 1.00 bits per heavy atom. The summed E-state index contributed by atoms with van der Waals surface area (Å²) in [5.74, 6) is 1.37. The SMILES string of the molecule is COc1ccc(N2C(=O)[C@H](C(C)C)[C@@H]2c2ccccc2)cc1. The van der Waals surface area contributed by atoms with Gasteiger partial charge in [0.1, 0.15) is 5.75 Å². The zero-order valence-electron chi connectivity index (χ0n) is 13.2. The Labute approximate surface area is 131 Å². The Balaban J connectivity index is 1.96. The number of β-lactam (4-membered cyclic amide) rings is 1. The first-order chi connectivity index (χ1) is 10.6. The lowest BCUT2D eigenvalue weighted by Gasteiger charge is -2.49. The normalized spacial score (nSPS) is 20.9. The number of methoxy groups -OCH3 is 1. The van der Waals surface area contributed by atoms with Crippen molar-refractivity contribution < 1.29 is 9.53 Å². The van der Waals surface area contributed by atoms with Crippen LogP contribution in [0.2, 0.25) is 0 Å². The van der Waals surface area contributed by atoms with Crippen molar-refractivity contribution in [1.82, 2.24) is 0 Å². The molecule has 1 aliphatic heterocycles. The lowest BCUT2D eigenvalue weighted by Crippen LogP contribution is -2.57. The third kappa shape index (κ3) is 2.37. The predicted molar refractivity (Wildman–Crippen MR) is 88.0 cm³/mol. The van der Waals surface area contributed by atoms with Gasteiger partial charge in [0.05, 0.1) is 19.1 Å². The standard InChI is InChI=1S/C19H21NO2/c1-13(2)17-18(14-7-5-4-6-8-14)20(19(17)21)15-9-11-16(22-3)12-10-15/h4-13,17-18H,1-3H3/t17-,18+/m1/s1. The summed E-state index contributed by atoms with van der Waals surface area (Å²) in [6.07, 6.45) is 0. The maximum atomic E-state index is 12.6. The molecule has 0 bridgehead atoms. The van der Waals surface area contributed by atoms with E-state index in [1.165, 1.54) is 5.56 Å². The van der Waals surface area contributed by atoms with E-state index < -0.39 is 0 Å². The van der Waals surface area contributed by atoms with E-state index >= 15 is 0 Å². The lowest BCUT2D eigenvalue weighted by molar-refractivity contribution is -0.132. The minimum atomic E-state index is 0.0458. The van der Waals surface area contributed by atoms with E-state index in [1.54, 1.807) is 7.11 Å². The van der Waals surface area contributed by atoms with E-state index in [-0.39, 0.29) is 17.9 Å². The molecule has 114 valence electrons. The summed E-state index contributed by atoms with van der Waals surface area (Å²) in [5, 5.41) is 0. The Hall–Kier alpha value is -2.29. The number of amides is 1. The van der Waals surface area contributed by atoms with Crippen LogP contribution < -0.4 is 9.64 Å². The summed E-state index contributed by atoms with van der Waals surface area (Å²) in [5.41, 5.74) is 2.12. The number of anilines is 1. The van der Waals surface area contributed by atoms with E-state index in [0.29, 0.717) is 5.92 Å². The van der Waals surface area contributed by atoms with Crippen molar-refractivity contribution in [2.24, 2.45) is 11.8 Å². The number of ether oxygens (including phenoxy) is 1. The van der Waals surface area contributed by atoms with Gasteiger partial charge < -0.3 is 9.64 Å². The van der Waals surface area contributed by atoms with Crippen LogP contribution in [0, 0.1) is 11.8 Å². The first-order valence-corrected chi connectivity index (χ1v) is 7.65. The van der Waals surface area contributed by atoms with Gasteiger partial charge in [-0.05, 0) is 35.7 Å². The Morgan fingerprint density at radius 2 is 1.64 bits per heavy atom. The van der Waals surface area contributed by atoms with Gasteiger partial charge in [0.25, 0.3) is 0 Å². The van der Waals surface area contributed by atoms with Crippen LogP contribution in [0.1, 0.15) is 25.5 Å². The summed E-state index contributed by atoms with van der Waals surface area (Å²) < 4.78 is 5.19. The highest BCUT2D eigenvalue weighted by atomic mass is 16.5. The average Bonchev–Trinajstić information content (AvgIpc) is 2.53. The van der Waals surface area contributed by atoms with E-state index in [4.69, 9.17) is 4.74 Å². The number of nitrogens with zero attached hydrogens (tertiary/aromatic N) is 1. The lowest BCUT2D eigenvalue weighted by atomic mass is 9.75. The average molecular weight is 295 g/mol. The molecule has 2 aromatic carbocycles. The molecule has 22 heavy (non-hydrogen) atoms. The molecule has 1 fully saturated rings. The smallest absolute Gasteiger partial charge is 0.233 e. The van der Waals surface area contributed by atoms with Gasteiger partial charge in [-0.15, -0.1) is 0 Å². The molecule has 3 nitrogen and oxygen atoms in total. The van der Waals surface area contributed by atoms with E-state index in [9.17, 15) is 4.79 Å². The van der Waals surface area contributed by atoms with Gasteiger partial charge in [0, 0.05) is 5.69 Å². The fourth-order valence-corrected chi connectivity index (χ4v) is 3.20. The molecule has 0 saturated carbocycles. The maximum absolute atomic E-state index is 12.6. The maximum Gasteiger partial charge on any atom is 0.233 e. The van der Waals surface area contributed by atoms with Gasteiger partial charge in [-0.3, -0.25) is 4.79 Å². The van der Waals surface area contributed by atoms with Crippen molar-refractivity contribution in [3.8, 4) is 5.75 Å². The minimum Gasteiger partial charge on any atom is -0.497 e. The molecule has 0 N–H and O–H groups in total. The Kier molecular flexibility index (Phi) is 3.88. The quantitative estimate of drug-likeness (QED) is 0.796. The molecule has 0 spiro atoms. The zero-order chi connectivity index (χ0) is 15.7. The van der Waals surface area contributed by atoms with Gasteiger partial charge in [-0.1, -0.05) is 44.2 Å². The molecule has 2 aromatic rings. The highest BCUT2D eigenvalue weighted by Gasteiger charge is 2.49. The molecule has 0 aromatic heterocycles. The molecule has 0 aliphatic carbocycles. The van der Waals surface area contributed by atoms with Crippen molar-refractivity contribution in [3.63, 3.8) is 0 Å². The van der Waals surface area contributed by atoms with Crippen LogP contribution in [-0.4, -0.2) is 13.0 Å². The van der Waals surface area contributed by atoms with Gasteiger partial charge in [-0.2, -0.15) is 0 Å². The zero-order valence-corrected chi connectivity index (χ0v) is 13.2. The van der Waals surface area contributed by atoms with Gasteiger partial charge in [0.2, 0.25) is 5.91 Å². The third-order valence-corrected chi connectivity index (χ3v) is 4.35. The van der Waals surface area contributed by atoms with Crippen LogP contribution in [0.3, 0.4) is 0 Å². The number of hydrogen-bond acceptors (Lipinski definition) is 2. The van der Waals surface area contributed by atoms with Crippen LogP contribution in [0.4, 0.5) is 5.69 Å². The first-order valence-electron chi connectivity index (χ1n) is 7.65. The molecule has 1 aliphatic rings. The Morgan fingerprint density at radius 3 is 2.18 bits per heavy atom. The second-order valence-corrected chi connectivity index (χ2v) is 6.03. The molecule has 3 heteroatoms. The number of carbonyl (C=O) groups excluding carboxylic acids is 1. The fourth-order valence-electron chi connectivity index (χ4n) is 3.20. The van der Waals surface area contributed by atoms with Crippen LogP contribution in [-0.2, 0) is 4.79 Å². The van der Waals surface area contributed by atoms with E-state index in [1.807, 2.05) is 47.4 Å². The molecule has 1 heterocycles. The highest BCUT2D eigenvalue weighted by Crippen LogP contribution is 2.46. The molecular formula is C19H21NO2. The summed E-state index contributed by atoms with van der Waals surface area (Å²) in [7, 11) is 1.64. The second kappa shape index (κ2) is 5.84. The molecule has 3 rings (SSSR count). The number of carbonyl (C=O) groups is 1. The van der Waals surface area contributed by atoms with Crippen molar-refractivity contribution in [2.45, 2.75) is 19.9 Å². The number of benzene rings is 2. The van der Waals surface area contributed by atoms with Gasteiger partial charge in [0.15, 0.2) is 0 Å². The van der Waals surface area contributed by atoms with Gasteiger partial charge in [-0.25, -0.2) is 0 Å². The predicted octanol–water partition coefficient (Wildman–Crippen LogP) is 4.06. The van der Waals surface area contributed by atoms with Crippen molar-refractivity contribution >= 4 is 11.6 Å². The Bertz CT molecular complexity index is 649. The monoisotopic (exact) mass is 295 g/mol. The molecule has 0 radical (unpaired) electrons. The molecule has 1 amide bonds. The summed E-state index contributed by atoms with van der Waals surface area (Å²) in [6.45, 7) is 4.23. The fraction of sp³-hybridized carbons (Fsp3) is 0.316. The largest absolute Gasteiger partial charge is 0.497 e. The molecule has 2 atom stereocenters. The summed E-state index contributed by atoms with van der Waals surface area (Å²) >= 11 is 0. The molecule has 0 unspecified atom stereocenters. The number of hydrogen-bond donors (Lipinski definition) is 0. The van der Waals surface area contributed by atoms with Crippen molar-refractivity contribution in [2.75, 3.05) is 12.0 Å². The minimum absolute atomic E-state index is 0.0458. The molecule has 1 saturated heterocycles. The highest BCUT2D eigenvalue weighted by molar-refractivity contribution is 6.03. The third-order valence-electron chi connectivity index (χ3n) is 4.35. The van der Waals surface area contributed by atoms with E-state index in [2.05, 4.69) is 26.0 Å². The first kappa shape index (κ1) is 14.6. The van der Waals surface area contributed by atoms with E-state index in [0.717, 1.165) is 11.4 Å². The van der Waals surface area contributed by atoms with Crippen molar-refractivity contribution in [1.29, 1.82) is 0 Å². The summed E-state index contributed by atoms with van der Waals surface area (Å²) in [6, 6.07) is 18.1. The summed E-state index contributed by atoms with van der Waals surface area (Å²) in [4.78, 5) is 14.5. The van der Waals surface area contributed by atoms with Crippen LogP contribution in [0.15, 0.2) is 54.6 Å². The van der Waals surface area contributed by atoms with Crippen LogP contribution in [0.25, 0.3) is 0 Å². The second-order valence-electron chi connectivity index (χ2n) is 6.03. The van der Waals surface area contributed by atoms with Crippen LogP contribution in [0.5, 0.6) is 5.75 Å². The topological polar surface area (TPSA) is 29.5 Å².